The maximum Gasteiger partial charge on any atom is 0.00890 e. The molecule has 1 aromatic carbocycles. The quantitative estimate of drug-likeness (QED) is 0.637. The van der Waals surface area contributed by atoms with E-state index in [1.54, 1.807) is 0 Å². The first-order chi connectivity index (χ1) is 5.70. The van der Waals surface area contributed by atoms with Gasteiger partial charge in [0.1, 0.15) is 0 Å². The molecule has 0 aliphatic heterocycles. The van der Waals surface area contributed by atoms with Gasteiger partial charge in [0.2, 0.25) is 0 Å². The molecule has 0 bridgehead atoms. The van der Waals surface area contributed by atoms with Crippen LogP contribution in [0.3, 0.4) is 0 Å². The molecule has 0 aromatic heterocycles. The van der Waals surface area contributed by atoms with Crippen molar-refractivity contribution in [1.29, 1.82) is 0 Å². The molecule has 0 radical (unpaired) electrons. The summed E-state index contributed by atoms with van der Waals surface area (Å²) < 4.78 is 0. The van der Waals surface area contributed by atoms with Gasteiger partial charge in [0.05, 0.1) is 0 Å². The van der Waals surface area contributed by atoms with Gasteiger partial charge in [-0.2, -0.15) is 0 Å². The zero-order chi connectivity index (χ0) is 8.97. The Hall–Kier alpha value is -0.430. The van der Waals surface area contributed by atoms with E-state index in [2.05, 4.69) is 51.1 Å². The second-order valence-electron chi connectivity index (χ2n) is 3.38. The lowest BCUT2D eigenvalue weighted by Crippen LogP contribution is -2.04. The van der Waals surface area contributed by atoms with Crippen molar-refractivity contribution in [3.63, 3.8) is 0 Å². The molecule has 1 atom stereocenters. The molecule has 0 N–H and O–H groups in total. The first kappa shape index (κ1) is 9.66. The fraction of sp³-hybridized carbons (Fsp3) is 0.455. The number of hydrogen-bond donors (Lipinski definition) is 0. The summed E-state index contributed by atoms with van der Waals surface area (Å²) >= 11 is 1.95. The molecule has 0 heterocycles. The number of rotatable bonds is 3. The van der Waals surface area contributed by atoms with Crippen molar-refractivity contribution >= 4 is 11.8 Å². The van der Waals surface area contributed by atoms with Crippen molar-refractivity contribution in [2.75, 3.05) is 0 Å². The smallest absolute Gasteiger partial charge is 0.00890 e. The summed E-state index contributed by atoms with van der Waals surface area (Å²) in [6, 6.07) is 10.6. The van der Waals surface area contributed by atoms with Gasteiger partial charge in [-0.05, 0) is 18.1 Å². The minimum absolute atomic E-state index is 0.701. The van der Waals surface area contributed by atoms with Gasteiger partial charge in [-0.25, -0.2) is 0 Å². The van der Waals surface area contributed by atoms with Crippen molar-refractivity contribution in [2.45, 2.75) is 30.9 Å². The highest BCUT2D eigenvalue weighted by molar-refractivity contribution is 8.00. The highest BCUT2D eigenvalue weighted by Crippen LogP contribution is 2.26. The third-order valence-electron chi connectivity index (χ3n) is 2.00. The van der Waals surface area contributed by atoms with E-state index in [1.807, 2.05) is 11.8 Å². The molecule has 1 rings (SSSR count). The summed E-state index contributed by atoms with van der Waals surface area (Å²) in [5.41, 5.74) is 0. The summed E-state index contributed by atoms with van der Waals surface area (Å²) in [7, 11) is 0. The van der Waals surface area contributed by atoms with E-state index in [1.165, 1.54) is 4.90 Å². The molecule has 12 heavy (non-hydrogen) atoms. The average Bonchev–Trinajstić information content (AvgIpc) is 2.06. The predicted molar refractivity (Wildman–Crippen MR) is 56.6 cm³/mol. The van der Waals surface area contributed by atoms with Crippen LogP contribution in [0, 0.1) is 5.92 Å². The molecule has 0 amide bonds. The zero-order valence-electron chi connectivity index (χ0n) is 7.95. The van der Waals surface area contributed by atoms with Crippen LogP contribution in [-0.4, -0.2) is 5.25 Å². The maximum atomic E-state index is 2.28. The van der Waals surface area contributed by atoms with Crippen LogP contribution in [-0.2, 0) is 0 Å². The van der Waals surface area contributed by atoms with E-state index in [9.17, 15) is 0 Å². The Morgan fingerprint density at radius 3 is 2.08 bits per heavy atom. The van der Waals surface area contributed by atoms with Crippen LogP contribution in [0.1, 0.15) is 20.8 Å². The van der Waals surface area contributed by atoms with Crippen LogP contribution in [0.5, 0.6) is 0 Å². The van der Waals surface area contributed by atoms with Crippen molar-refractivity contribution in [3.8, 4) is 0 Å². The second kappa shape index (κ2) is 4.56. The summed E-state index contributed by atoms with van der Waals surface area (Å²) in [6.45, 7) is 6.81. The van der Waals surface area contributed by atoms with Crippen LogP contribution in [0.25, 0.3) is 0 Å². The minimum Gasteiger partial charge on any atom is -0.123 e. The van der Waals surface area contributed by atoms with Gasteiger partial charge < -0.3 is 0 Å². The van der Waals surface area contributed by atoms with Gasteiger partial charge in [0.25, 0.3) is 0 Å². The minimum atomic E-state index is 0.701. The van der Waals surface area contributed by atoms with Crippen molar-refractivity contribution in [3.05, 3.63) is 30.3 Å². The van der Waals surface area contributed by atoms with Crippen LogP contribution >= 0.6 is 11.8 Å². The van der Waals surface area contributed by atoms with Crippen LogP contribution in [0.2, 0.25) is 0 Å². The van der Waals surface area contributed by atoms with E-state index >= 15 is 0 Å². The molecule has 1 aromatic rings. The number of thioether (sulfide) groups is 1. The Morgan fingerprint density at radius 2 is 1.58 bits per heavy atom. The maximum absolute atomic E-state index is 2.28. The van der Waals surface area contributed by atoms with Crippen molar-refractivity contribution in [1.82, 2.24) is 0 Å². The van der Waals surface area contributed by atoms with Gasteiger partial charge in [-0.3, -0.25) is 0 Å². The summed E-state index contributed by atoms with van der Waals surface area (Å²) in [5.74, 6) is 0.746. The molecule has 0 saturated heterocycles. The molecule has 1 heteroatoms. The SMILES string of the molecule is CC(C)C(C)Sc1ccccc1. The van der Waals surface area contributed by atoms with Gasteiger partial charge in [0, 0.05) is 10.1 Å². The molecule has 1 unspecified atom stereocenters. The van der Waals surface area contributed by atoms with Crippen LogP contribution in [0.15, 0.2) is 35.2 Å². The Bertz CT molecular complexity index is 216. The van der Waals surface area contributed by atoms with E-state index in [0.29, 0.717) is 5.25 Å². The predicted octanol–water partition coefficient (Wildman–Crippen LogP) is 3.82. The van der Waals surface area contributed by atoms with Gasteiger partial charge >= 0.3 is 0 Å². The second-order valence-corrected chi connectivity index (χ2v) is 4.83. The molecule has 0 fully saturated rings. The van der Waals surface area contributed by atoms with Crippen molar-refractivity contribution in [2.24, 2.45) is 5.92 Å². The van der Waals surface area contributed by atoms with E-state index in [-0.39, 0.29) is 0 Å². The monoisotopic (exact) mass is 180 g/mol. The molecular formula is C11H16S. The highest BCUT2D eigenvalue weighted by Gasteiger charge is 2.07. The Morgan fingerprint density at radius 1 is 1.00 bits per heavy atom. The van der Waals surface area contributed by atoms with Crippen LogP contribution < -0.4 is 0 Å². The van der Waals surface area contributed by atoms with E-state index < -0.39 is 0 Å². The highest BCUT2D eigenvalue weighted by atomic mass is 32.2. The molecular weight excluding hydrogens is 164 g/mol. The summed E-state index contributed by atoms with van der Waals surface area (Å²) in [6.07, 6.45) is 0. The summed E-state index contributed by atoms with van der Waals surface area (Å²) in [5, 5.41) is 0.701. The van der Waals surface area contributed by atoms with E-state index in [0.717, 1.165) is 5.92 Å². The normalized spacial score (nSPS) is 13.3. The third kappa shape index (κ3) is 2.90. The zero-order valence-corrected chi connectivity index (χ0v) is 8.77. The lowest BCUT2D eigenvalue weighted by molar-refractivity contribution is 0.642. The van der Waals surface area contributed by atoms with Gasteiger partial charge in [-0.1, -0.05) is 39.0 Å². The Labute approximate surface area is 79.4 Å². The van der Waals surface area contributed by atoms with E-state index in [4.69, 9.17) is 0 Å². The number of benzene rings is 1. The first-order valence-corrected chi connectivity index (χ1v) is 5.30. The summed E-state index contributed by atoms with van der Waals surface area (Å²) in [4.78, 5) is 1.37. The Kier molecular flexibility index (Phi) is 3.67. The fourth-order valence-electron chi connectivity index (χ4n) is 0.850. The molecule has 0 aliphatic rings. The topological polar surface area (TPSA) is 0 Å². The number of hydrogen-bond acceptors (Lipinski definition) is 1. The average molecular weight is 180 g/mol. The lowest BCUT2D eigenvalue weighted by Gasteiger charge is -2.14. The van der Waals surface area contributed by atoms with Crippen LogP contribution in [0.4, 0.5) is 0 Å². The van der Waals surface area contributed by atoms with Crippen molar-refractivity contribution < 1.29 is 0 Å². The fourth-order valence-corrected chi connectivity index (χ4v) is 1.87. The third-order valence-corrected chi connectivity index (χ3v) is 3.46. The molecule has 0 nitrogen and oxygen atoms in total. The van der Waals surface area contributed by atoms with Gasteiger partial charge in [0.15, 0.2) is 0 Å². The molecule has 0 saturated carbocycles. The first-order valence-electron chi connectivity index (χ1n) is 4.42. The molecule has 66 valence electrons. The molecule has 0 aliphatic carbocycles. The largest absolute Gasteiger partial charge is 0.123 e. The van der Waals surface area contributed by atoms with Gasteiger partial charge in [-0.15, -0.1) is 11.8 Å². The lowest BCUT2D eigenvalue weighted by atomic mass is 10.2. The molecule has 0 spiro atoms. The Balaban J connectivity index is 2.53. The standard InChI is InChI=1S/C11H16S/c1-9(2)10(3)12-11-7-5-4-6-8-11/h4-10H,1-3H3.